The van der Waals surface area contributed by atoms with E-state index in [4.69, 9.17) is 18.9 Å². The van der Waals surface area contributed by atoms with E-state index in [2.05, 4.69) is 0 Å². The van der Waals surface area contributed by atoms with Crippen molar-refractivity contribution >= 4 is 0 Å². The van der Waals surface area contributed by atoms with Gasteiger partial charge in [0.25, 0.3) is 0 Å². The maximum atomic E-state index is 10.5. The van der Waals surface area contributed by atoms with Crippen LogP contribution >= 0.6 is 0 Å². The second-order valence-electron chi connectivity index (χ2n) is 5.34. The first-order valence-electron chi connectivity index (χ1n) is 5.56. The molecule has 0 spiro atoms. The zero-order valence-electron chi connectivity index (χ0n) is 9.90. The van der Waals surface area contributed by atoms with Gasteiger partial charge < -0.3 is 24.1 Å². The monoisotopic (exact) mass is 232 g/mol. The van der Waals surface area contributed by atoms with E-state index in [1.165, 1.54) is 0 Å². The predicted molar refractivity (Wildman–Crippen MR) is 55.8 cm³/mol. The summed E-state index contributed by atoms with van der Waals surface area (Å²) in [4.78, 5) is 0. The highest BCUT2D eigenvalue weighted by molar-refractivity contribution is 4.95. The van der Waals surface area contributed by atoms with Crippen LogP contribution in [0.25, 0.3) is 0 Å². The predicted octanol–water partition coefficient (Wildman–Crippen LogP) is 0.368. The molecule has 0 aromatic rings. The van der Waals surface area contributed by atoms with Gasteiger partial charge in [0.05, 0.1) is 32.5 Å². The minimum absolute atomic E-state index is 0.312. The Hall–Kier alpha value is -0.200. The first kappa shape index (κ1) is 12.3. The van der Waals surface area contributed by atoms with Crippen LogP contribution in [0.2, 0.25) is 0 Å². The molecular weight excluding hydrogens is 212 g/mol. The van der Waals surface area contributed by atoms with Gasteiger partial charge in [0.15, 0.2) is 0 Å². The Labute approximate surface area is 95.6 Å². The Morgan fingerprint density at radius 3 is 1.44 bits per heavy atom. The highest BCUT2D eigenvalue weighted by Gasteiger charge is 2.48. The number of hydrogen-bond donors (Lipinski definition) is 1. The summed E-state index contributed by atoms with van der Waals surface area (Å²) in [5.41, 5.74) is -0.784. The van der Waals surface area contributed by atoms with Crippen molar-refractivity contribution in [1.29, 1.82) is 0 Å². The average molecular weight is 232 g/mol. The lowest BCUT2D eigenvalue weighted by Gasteiger charge is -2.46. The summed E-state index contributed by atoms with van der Waals surface area (Å²) in [7, 11) is 0. The summed E-state index contributed by atoms with van der Waals surface area (Å²) >= 11 is 0. The van der Waals surface area contributed by atoms with Crippen LogP contribution in [0.15, 0.2) is 0 Å². The second kappa shape index (κ2) is 4.58. The molecule has 0 aromatic carbocycles. The van der Waals surface area contributed by atoms with E-state index in [1.807, 2.05) is 13.8 Å². The highest BCUT2D eigenvalue weighted by atomic mass is 16.7. The van der Waals surface area contributed by atoms with Crippen LogP contribution in [0.1, 0.15) is 13.8 Å². The number of ether oxygens (including phenoxy) is 4. The fourth-order valence-electron chi connectivity index (χ4n) is 2.46. The molecule has 2 heterocycles. The van der Waals surface area contributed by atoms with Crippen molar-refractivity contribution in [3.63, 3.8) is 0 Å². The lowest BCUT2D eigenvalue weighted by atomic mass is 9.71. The molecule has 2 saturated heterocycles. The molecule has 0 saturated carbocycles. The number of aliphatic hydroxyl groups excluding tert-OH is 1. The van der Waals surface area contributed by atoms with Gasteiger partial charge >= 0.3 is 0 Å². The molecule has 16 heavy (non-hydrogen) atoms. The first-order valence-corrected chi connectivity index (χ1v) is 5.56. The molecule has 0 unspecified atom stereocenters. The van der Waals surface area contributed by atoms with E-state index in [9.17, 15) is 5.11 Å². The molecule has 0 bridgehead atoms. The van der Waals surface area contributed by atoms with Gasteiger partial charge in [0, 0.05) is 10.8 Å². The van der Waals surface area contributed by atoms with Crippen LogP contribution in [0, 0.1) is 10.8 Å². The third-order valence-electron chi connectivity index (χ3n) is 3.38. The van der Waals surface area contributed by atoms with Crippen molar-refractivity contribution < 1.29 is 24.1 Å². The Kier molecular flexibility index (Phi) is 3.51. The molecule has 94 valence electrons. The molecule has 2 rings (SSSR count). The van der Waals surface area contributed by atoms with Crippen molar-refractivity contribution in [3.05, 3.63) is 0 Å². The van der Waals surface area contributed by atoms with Crippen molar-refractivity contribution in [1.82, 2.24) is 0 Å². The van der Waals surface area contributed by atoms with Crippen LogP contribution in [0.4, 0.5) is 0 Å². The summed E-state index contributed by atoms with van der Waals surface area (Å²) in [5, 5.41) is 10.5. The Balaban J connectivity index is 2.06. The van der Waals surface area contributed by atoms with E-state index in [0.29, 0.717) is 40.0 Å². The molecule has 2 fully saturated rings. The SMILES string of the molecule is CC1(C(O)C2(C)COCOC2)COCOC1. The minimum atomic E-state index is -0.569. The van der Waals surface area contributed by atoms with Gasteiger partial charge in [-0.15, -0.1) is 0 Å². The van der Waals surface area contributed by atoms with Crippen molar-refractivity contribution in [2.45, 2.75) is 20.0 Å². The normalized spacial score (nSPS) is 29.2. The maximum absolute atomic E-state index is 10.5. The standard InChI is InChI=1S/C11H20O5/c1-10(3-13-7-14-4-10)9(12)11(2)5-15-8-16-6-11/h9,12H,3-8H2,1-2H3. The molecule has 2 aliphatic rings. The Morgan fingerprint density at radius 1 is 0.812 bits per heavy atom. The van der Waals surface area contributed by atoms with Crippen LogP contribution in [0.5, 0.6) is 0 Å². The quantitative estimate of drug-likeness (QED) is 0.745. The molecule has 2 aliphatic heterocycles. The Bertz CT molecular complexity index is 207. The largest absolute Gasteiger partial charge is 0.392 e. The highest BCUT2D eigenvalue weighted by Crippen LogP contribution is 2.38. The van der Waals surface area contributed by atoms with Crippen molar-refractivity contribution in [3.8, 4) is 0 Å². The number of aliphatic hydroxyl groups is 1. The molecule has 5 heteroatoms. The molecule has 0 amide bonds. The zero-order chi connectivity index (χ0) is 11.6. The topological polar surface area (TPSA) is 57.2 Å². The van der Waals surface area contributed by atoms with Gasteiger partial charge in [0.1, 0.15) is 13.6 Å². The third kappa shape index (κ3) is 2.24. The fraction of sp³-hybridized carbons (Fsp3) is 1.00. The van der Waals surface area contributed by atoms with E-state index < -0.39 is 16.9 Å². The van der Waals surface area contributed by atoms with Gasteiger partial charge in [0.2, 0.25) is 0 Å². The summed E-state index contributed by atoms with van der Waals surface area (Å²) < 4.78 is 21.1. The van der Waals surface area contributed by atoms with Crippen molar-refractivity contribution in [2.24, 2.45) is 10.8 Å². The van der Waals surface area contributed by atoms with E-state index in [1.54, 1.807) is 0 Å². The molecule has 0 aliphatic carbocycles. The van der Waals surface area contributed by atoms with Gasteiger partial charge in [-0.05, 0) is 0 Å². The molecule has 5 nitrogen and oxygen atoms in total. The summed E-state index contributed by atoms with van der Waals surface area (Å²) in [6.07, 6.45) is -0.569. The smallest absolute Gasteiger partial charge is 0.146 e. The minimum Gasteiger partial charge on any atom is -0.392 e. The van der Waals surface area contributed by atoms with Gasteiger partial charge in [-0.1, -0.05) is 13.8 Å². The van der Waals surface area contributed by atoms with Crippen LogP contribution in [0.3, 0.4) is 0 Å². The summed E-state index contributed by atoms with van der Waals surface area (Å²) in [5.74, 6) is 0. The third-order valence-corrected chi connectivity index (χ3v) is 3.38. The lowest BCUT2D eigenvalue weighted by molar-refractivity contribution is -0.245. The number of hydrogen-bond acceptors (Lipinski definition) is 5. The van der Waals surface area contributed by atoms with Gasteiger partial charge in [-0.25, -0.2) is 0 Å². The fourth-order valence-corrected chi connectivity index (χ4v) is 2.46. The lowest BCUT2D eigenvalue weighted by Crippen LogP contribution is -2.56. The molecule has 1 N–H and O–H groups in total. The molecule has 0 aromatic heterocycles. The molecular formula is C11H20O5. The average Bonchev–Trinajstić information content (AvgIpc) is 2.30. The maximum Gasteiger partial charge on any atom is 0.146 e. The molecule has 0 atom stereocenters. The van der Waals surface area contributed by atoms with Gasteiger partial charge in [-0.3, -0.25) is 0 Å². The van der Waals surface area contributed by atoms with Gasteiger partial charge in [-0.2, -0.15) is 0 Å². The van der Waals surface area contributed by atoms with E-state index in [0.717, 1.165) is 0 Å². The number of rotatable bonds is 2. The molecule has 0 radical (unpaired) electrons. The zero-order valence-corrected chi connectivity index (χ0v) is 9.90. The van der Waals surface area contributed by atoms with E-state index >= 15 is 0 Å². The van der Waals surface area contributed by atoms with Crippen LogP contribution in [-0.4, -0.2) is 51.2 Å². The van der Waals surface area contributed by atoms with E-state index in [-0.39, 0.29) is 0 Å². The van der Waals surface area contributed by atoms with Crippen LogP contribution < -0.4 is 0 Å². The first-order chi connectivity index (χ1) is 7.57. The summed E-state index contributed by atoms with van der Waals surface area (Å²) in [6, 6.07) is 0. The second-order valence-corrected chi connectivity index (χ2v) is 5.34. The Morgan fingerprint density at radius 2 is 1.12 bits per heavy atom. The van der Waals surface area contributed by atoms with Crippen molar-refractivity contribution in [2.75, 3.05) is 40.0 Å². The van der Waals surface area contributed by atoms with Crippen LogP contribution in [-0.2, 0) is 18.9 Å². The summed E-state index contributed by atoms with van der Waals surface area (Å²) in [6.45, 7) is 6.58.